The molecule has 3 heteroatoms. The average molecular weight is 252 g/mol. The third-order valence-electron chi connectivity index (χ3n) is 5.33. The monoisotopic (exact) mass is 252 g/mol. The highest BCUT2D eigenvalue weighted by molar-refractivity contribution is 4.94. The fourth-order valence-electron chi connectivity index (χ4n) is 4.16. The topological polar surface area (TPSA) is 24.5 Å². The van der Waals surface area contributed by atoms with Gasteiger partial charge in [0.25, 0.3) is 0 Å². The van der Waals surface area contributed by atoms with Gasteiger partial charge in [0.2, 0.25) is 0 Å². The van der Waals surface area contributed by atoms with Crippen LogP contribution in [0.5, 0.6) is 0 Å². The van der Waals surface area contributed by atoms with Crippen LogP contribution in [-0.2, 0) is 4.74 Å². The van der Waals surface area contributed by atoms with Crippen molar-refractivity contribution in [1.29, 1.82) is 0 Å². The molecule has 0 aromatic heterocycles. The van der Waals surface area contributed by atoms with E-state index in [4.69, 9.17) is 4.74 Å². The lowest BCUT2D eigenvalue weighted by Crippen LogP contribution is -2.55. The van der Waals surface area contributed by atoms with Crippen LogP contribution in [0.3, 0.4) is 0 Å². The van der Waals surface area contributed by atoms with Crippen molar-refractivity contribution in [1.82, 2.24) is 10.2 Å². The maximum absolute atomic E-state index is 5.59. The van der Waals surface area contributed by atoms with Crippen LogP contribution in [0.1, 0.15) is 45.4 Å². The Balaban J connectivity index is 1.66. The van der Waals surface area contributed by atoms with Crippen LogP contribution in [-0.4, -0.2) is 49.3 Å². The minimum atomic E-state index is 0.709. The number of likely N-dealkylation sites (tertiary alicyclic amines) is 1. The van der Waals surface area contributed by atoms with Crippen molar-refractivity contribution in [2.45, 2.75) is 63.6 Å². The lowest BCUT2D eigenvalue weighted by Gasteiger charge is -2.44. The minimum absolute atomic E-state index is 0.709. The number of hydrogen-bond acceptors (Lipinski definition) is 3. The molecular weight excluding hydrogens is 224 g/mol. The molecule has 0 saturated carbocycles. The molecule has 3 fully saturated rings. The summed E-state index contributed by atoms with van der Waals surface area (Å²) in [5.74, 6) is 0.770. The van der Waals surface area contributed by atoms with Crippen LogP contribution in [0.25, 0.3) is 0 Å². The predicted molar refractivity (Wildman–Crippen MR) is 73.8 cm³/mol. The van der Waals surface area contributed by atoms with E-state index < -0.39 is 0 Å². The molecule has 18 heavy (non-hydrogen) atoms. The molecule has 0 amide bonds. The number of hydrogen-bond donors (Lipinski definition) is 1. The molecule has 3 aliphatic heterocycles. The second-order valence-corrected chi connectivity index (χ2v) is 6.37. The summed E-state index contributed by atoms with van der Waals surface area (Å²) in [5.41, 5.74) is 0. The molecule has 0 aliphatic carbocycles. The molecule has 0 bridgehead atoms. The number of nitrogens with zero attached hydrogens (tertiary/aromatic N) is 1. The van der Waals surface area contributed by atoms with Crippen molar-refractivity contribution in [2.24, 2.45) is 5.92 Å². The van der Waals surface area contributed by atoms with Gasteiger partial charge in [-0.1, -0.05) is 6.42 Å². The Morgan fingerprint density at radius 2 is 2.11 bits per heavy atom. The highest BCUT2D eigenvalue weighted by Crippen LogP contribution is 2.30. The molecule has 3 saturated heterocycles. The van der Waals surface area contributed by atoms with Gasteiger partial charge in [0, 0.05) is 24.7 Å². The Bertz CT molecular complexity index is 259. The Hall–Kier alpha value is -0.120. The van der Waals surface area contributed by atoms with Gasteiger partial charge in [-0.3, -0.25) is 4.90 Å². The van der Waals surface area contributed by atoms with Crippen molar-refractivity contribution in [3.05, 3.63) is 0 Å². The van der Waals surface area contributed by atoms with Crippen LogP contribution in [0.15, 0.2) is 0 Å². The number of ether oxygens (including phenoxy) is 1. The highest BCUT2D eigenvalue weighted by Gasteiger charge is 2.37. The predicted octanol–water partition coefficient (Wildman–Crippen LogP) is 2.02. The molecule has 0 aromatic rings. The van der Waals surface area contributed by atoms with E-state index in [-0.39, 0.29) is 0 Å². The summed E-state index contributed by atoms with van der Waals surface area (Å²) in [6, 6.07) is 2.26. The summed E-state index contributed by atoms with van der Waals surface area (Å²) < 4.78 is 5.59. The number of piperidine rings is 1. The van der Waals surface area contributed by atoms with E-state index in [0.29, 0.717) is 6.04 Å². The van der Waals surface area contributed by atoms with Crippen molar-refractivity contribution >= 4 is 0 Å². The standard InChI is InChI=1S/C15H28N2O/c1-12(13-7-10-18-11-13)17-9-3-2-6-15(17)14-5-4-8-16-14/h12-16H,2-11H2,1H3. The molecule has 3 rings (SSSR count). The maximum atomic E-state index is 5.59. The van der Waals surface area contributed by atoms with Gasteiger partial charge in [-0.25, -0.2) is 0 Å². The summed E-state index contributed by atoms with van der Waals surface area (Å²) in [7, 11) is 0. The SMILES string of the molecule is CC(C1CCOC1)N1CCCCC1C1CCCN1. The number of nitrogens with one attached hydrogen (secondary N) is 1. The first kappa shape index (κ1) is 12.9. The molecule has 0 spiro atoms. The smallest absolute Gasteiger partial charge is 0.0509 e. The first-order valence-corrected chi connectivity index (χ1v) is 7.93. The van der Waals surface area contributed by atoms with E-state index in [2.05, 4.69) is 17.1 Å². The largest absolute Gasteiger partial charge is 0.381 e. The first-order valence-electron chi connectivity index (χ1n) is 7.93. The zero-order valence-corrected chi connectivity index (χ0v) is 11.7. The summed E-state index contributed by atoms with van der Waals surface area (Å²) in [6.45, 7) is 6.95. The molecule has 4 atom stereocenters. The van der Waals surface area contributed by atoms with E-state index in [9.17, 15) is 0 Å². The first-order chi connectivity index (χ1) is 8.86. The second-order valence-electron chi connectivity index (χ2n) is 6.37. The van der Waals surface area contributed by atoms with Gasteiger partial charge in [0.15, 0.2) is 0 Å². The summed E-state index contributed by atoms with van der Waals surface area (Å²) in [4.78, 5) is 2.81. The summed E-state index contributed by atoms with van der Waals surface area (Å²) in [5, 5.41) is 3.73. The van der Waals surface area contributed by atoms with Crippen LogP contribution in [0.2, 0.25) is 0 Å². The molecule has 0 aromatic carbocycles. The highest BCUT2D eigenvalue weighted by atomic mass is 16.5. The van der Waals surface area contributed by atoms with Gasteiger partial charge in [-0.15, -0.1) is 0 Å². The van der Waals surface area contributed by atoms with Gasteiger partial charge >= 0.3 is 0 Å². The molecule has 0 radical (unpaired) electrons. The van der Waals surface area contributed by atoms with Crippen molar-refractivity contribution in [2.75, 3.05) is 26.3 Å². The Kier molecular flexibility index (Phi) is 4.22. The normalized spacial score (nSPS) is 40.2. The maximum Gasteiger partial charge on any atom is 0.0509 e. The Morgan fingerprint density at radius 3 is 2.83 bits per heavy atom. The van der Waals surface area contributed by atoms with Gasteiger partial charge in [0.05, 0.1) is 6.61 Å². The van der Waals surface area contributed by atoms with Gasteiger partial charge < -0.3 is 10.1 Å². The van der Waals surface area contributed by atoms with Crippen LogP contribution >= 0.6 is 0 Å². The fraction of sp³-hybridized carbons (Fsp3) is 1.00. The van der Waals surface area contributed by atoms with Gasteiger partial charge in [0.1, 0.15) is 0 Å². The molecule has 4 unspecified atom stereocenters. The Labute approximate surface area is 111 Å². The van der Waals surface area contributed by atoms with E-state index in [0.717, 1.165) is 31.2 Å². The van der Waals surface area contributed by atoms with E-state index in [1.165, 1.54) is 51.6 Å². The van der Waals surface area contributed by atoms with Crippen LogP contribution in [0.4, 0.5) is 0 Å². The lowest BCUT2D eigenvalue weighted by molar-refractivity contribution is 0.0479. The van der Waals surface area contributed by atoms with E-state index >= 15 is 0 Å². The second kappa shape index (κ2) is 5.89. The average Bonchev–Trinajstić information content (AvgIpc) is 3.11. The molecule has 3 nitrogen and oxygen atoms in total. The number of rotatable bonds is 3. The summed E-state index contributed by atoms with van der Waals surface area (Å²) in [6.07, 6.45) is 8.23. The minimum Gasteiger partial charge on any atom is -0.381 e. The molecule has 1 N–H and O–H groups in total. The van der Waals surface area contributed by atoms with E-state index in [1.54, 1.807) is 0 Å². The van der Waals surface area contributed by atoms with Gasteiger partial charge in [-0.2, -0.15) is 0 Å². The van der Waals surface area contributed by atoms with Crippen LogP contribution < -0.4 is 5.32 Å². The van der Waals surface area contributed by atoms with Crippen molar-refractivity contribution < 1.29 is 4.74 Å². The third kappa shape index (κ3) is 2.59. The zero-order valence-electron chi connectivity index (χ0n) is 11.7. The molecule has 3 heterocycles. The van der Waals surface area contributed by atoms with Crippen molar-refractivity contribution in [3.8, 4) is 0 Å². The quantitative estimate of drug-likeness (QED) is 0.831. The molecule has 104 valence electrons. The third-order valence-corrected chi connectivity index (χ3v) is 5.33. The fourth-order valence-corrected chi connectivity index (χ4v) is 4.16. The Morgan fingerprint density at radius 1 is 1.17 bits per heavy atom. The molecule has 3 aliphatic rings. The summed E-state index contributed by atoms with van der Waals surface area (Å²) >= 11 is 0. The lowest BCUT2D eigenvalue weighted by atomic mass is 9.89. The van der Waals surface area contributed by atoms with Crippen molar-refractivity contribution in [3.63, 3.8) is 0 Å². The molecular formula is C15H28N2O. The van der Waals surface area contributed by atoms with E-state index in [1.807, 2.05) is 0 Å². The zero-order chi connectivity index (χ0) is 12.4. The van der Waals surface area contributed by atoms with Crippen LogP contribution in [0, 0.1) is 5.92 Å². The van der Waals surface area contributed by atoms with Gasteiger partial charge in [-0.05, 0) is 58.0 Å².